The van der Waals surface area contributed by atoms with Crippen LogP contribution in [0.2, 0.25) is 0 Å². The van der Waals surface area contributed by atoms with Gasteiger partial charge >= 0.3 is 5.97 Å². The van der Waals surface area contributed by atoms with E-state index in [1.165, 1.54) is 12.0 Å². The van der Waals surface area contributed by atoms with Crippen molar-refractivity contribution in [3.05, 3.63) is 75.9 Å². The van der Waals surface area contributed by atoms with Crippen LogP contribution in [0.25, 0.3) is 5.76 Å². The molecule has 32 heavy (non-hydrogen) atoms. The SMILES string of the molecule is COC(=O)c1ccc(C2/C(=C(\O)c3cc(C)ccc3C)C(=O)C(=O)N2CCN(C)C)cc1. The number of rotatable bonds is 6. The van der Waals surface area contributed by atoms with Gasteiger partial charge < -0.3 is 19.6 Å². The Labute approximate surface area is 187 Å². The second-order valence-corrected chi connectivity index (χ2v) is 8.23. The molecule has 1 aliphatic rings. The molecule has 2 aromatic carbocycles. The molecule has 1 aliphatic heterocycles. The van der Waals surface area contributed by atoms with Crippen LogP contribution in [0.5, 0.6) is 0 Å². The molecule has 1 atom stereocenters. The molecule has 1 unspecified atom stereocenters. The number of hydrogen-bond acceptors (Lipinski definition) is 6. The molecule has 0 aliphatic carbocycles. The lowest BCUT2D eigenvalue weighted by Crippen LogP contribution is -2.35. The fraction of sp³-hybridized carbons (Fsp3) is 0.320. The topological polar surface area (TPSA) is 87.1 Å². The van der Waals surface area contributed by atoms with E-state index >= 15 is 0 Å². The molecule has 0 spiro atoms. The smallest absolute Gasteiger partial charge is 0.337 e. The molecule has 1 saturated heterocycles. The second kappa shape index (κ2) is 9.36. The van der Waals surface area contributed by atoms with Crippen molar-refractivity contribution in [2.75, 3.05) is 34.3 Å². The van der Waals surface area contributed by atoms with Gasteiger partial charge in [0.05, 0.1) is 24.3 Å². The molecular formula is C25H28N2O5. The first-order valence-corrected chi connectivity index (χ1v) is 10.3. The number of amides is 1. The van der Waals surface area contributed by atoms with Gasteiger partial charge in [-0.3, -0.25) is 9.59 Å². The summed E-state index contributed by atoms with van der Waals surface area (Å²) >= 11 is 0. The van der Waals surface area contributed by atoms with Crippen molar-refractivity contribution in [1.29, 1.82) is 0 Å². The summed E-state index contributed by atoms with van der Waals surface area (Å²) < 4.78 is 4.75. The minimum atomic E-state index is -0.762. The highest BCUT2D eigenvalue weighted by molar-refractivity contribution is 6.46. The summed E-state index contributed by atoms with van der Waals surface area (Å²) in [6.07, 6.45) is 0. The predicted molar refractivity (Wildman–Crippen MR) is 121 cm³/mol. The summed E-state index contributed by atoms with van der Waals surface area (Å²) in [6, 6.07) is 11.4. The van der Waals surface area contributed by atoms with E-state index < -0.39 is 23.7 Å². The van der Waals surface area contributed by atoms with Crippen LogP contribution in [-0.2, 0) is 14.3 Å². The van der Waals surface area contributed by atoms with E-state index in [-0.39, 0.29) is 11.3 Å². The monoisotopic (exact) mass is 436 g/mol. The standard InChI is InChI=1S/C25H28N2O5/c1-15-6-7-16(2)19(14-15)22(28)20-21(17-8-10-18(11-9-17)25(31)32-5)27(13-12-26(3)4)24(30)23(20)29/h6-11,14,21,28H,12-13H2,1-5H3/b22-20+. The van der Waals surface area contributed by atoms with E-state index in [1.807, 2.05) is 45.0 Å². The molecule has 1 N–H and O–H groups in total. The number of aliphatic hydroxyl groups is 1. The van der Waals surface area contributed by atoms with Gasteiger partial charge in [-0.05, 0) is 57.3 Å². The Morgan fingerprint density at radius 1 is 1.09 bits per heavy atom. The average molecular weight is 437 g/mol. The first-order valence-electron chi connectivity index (χ1n) is 10.3. The number of ketones is 1. The van der Waals surface area contributed by atoms with Crippen LogP contribution in [0.4, 0.5) is 0 Å². The van der Waals surface area contributed by atoms with Gasteiger partial charge in [0.25, 0.3) is 11.7 Å². The van der Waals surface area contributed by atoms with Gasteiger partial charge in [0, 0.05) is 18.7 Å². The maximum absolute atomic E-state index is 13.1. The van der Waals surface area contributed by atoms with Gasteiger partial charge in [-0.25, -0.2) is 4.79 Å². The lowest BCUT2D eigenvalue weighted by atomic mass is 9.93. The first kappa shape index (κ1) is 23.2. The number of benzene rings is 2. The van der Waals surface area contributed by atoms with Crippen molar-refractivity contribution in [2.45, 2.75) is 19.9 Å². The lowest BCUT2D eigenvalue weighted by Gasteiger charge is -2.26. The Kier molecular flexibility index (Phi) is 6.79. The van der Waals surface area contributed by atoms with Crippen molar-refractivity contribution in [1.82, 2.24) is 9.80 Å². The first-order chi connectivity index (χ1) is 15.1. The molecule has 168 valence electrons. The van der Waals surface area contributed by atoms with E-state index in [0.717, 1.165) is 11.1 Å². The van der Waals surface area contributed by atoms with Crippen molar-refractivity contribution in [2.24, 2.45) is 0 Å². The van der Waals surface area contributed by atoms with E-state index in [4.69, 9.17) is 4.74 Å². The van der Waals surface area contributed by atoms with Gasteiger partial charge in [0.2, 0.25) is 0 Å². The molecule has 1 fully saturated rings. The Hall–Kier alpha value is -3.45. The van der Waals surface area contributed by atoms with Crippen LogP contribution in [-0.4, -0.2) is 66.9 Å². The summed E-state index contributed by atoms with van der Waals surface area (Å²) in [4.78, 5) is 41.3. The van der Waals surface area contributed by atoms with Crippen molar-refractivity contribution in [3.63, 3.8) is 0 Å². The fourth-order valence-corrected chi connectivity index (χ4v) is 3.82. The Morgan fingerprint density at radius 3 is 2.34 bits per heavy atom. The lowest BCUT2D eigenvalue weighted by molar-refractivity contribution is -0.140. The summed E-state index contributed by atoms with van der Waals surface area (Å²) in [5, 5.41) is 11.2. The molecular weight excluding hydrogens is 408 g/mol. The third-order valence-electron chi connectivity index (χ3n) is 5.62. The maximum atomic E-state index is 13.1. The Balaban J connectivity index is 2.17. The molecule has 7 nitrogen and oxygen atoms in total. The highest BCUT2D eigenvalue weighted by Crippen LogP contribution is 2.40. The normalized spacial score (nSPS) is 17.8. The number of esters is 1. The number of nitrogens with zero attached hydrogens (tertiary/aromatic N) is 2. The molecule has 1 amide bonds. The number of Topliss-reactive ketones (excluding diaryl/α,β-unsaturated/α-hetero) is 1. The van der Waals surface area contributed by atoms with Crippen LogP contribution < -0.4 is 0 Å². The number of aliphatic hydroxyl groups excluding tert-OH is 1. The third-order valence-corrected chi connectivity index (χ3v) is 5.62. The quantitative estimate of drug-likeness (QED) is 0.324. The number of carbonyl (C=O) groups excluding carboxylic acids is 3. The van der Waals surface area contributed by atoms with Gasteiger partial charge in [-0.15, -0.1) is 0 Å². The van der Waals surface area contributed by atoms with Crippen molar-refractivity contribution >= 4 is 23.4 Å². The molecule has 0 bridgehead atoms. The highest BCUT2D eigenvalue weighted by Gasteiger charge is 2.46. The van der Waals surface area contributed by atoms with Crippen molar-refractivity contribution < 1.29 is 24.2 Å². The Morgan fingerprint density at radius 2 is 1.75 bits per heavy atom. The predicted octanol–water partition coefficient (Wildman–Crippen LogP) is 3.07. The minimum Gasteiger partial charge on any atom is -0.507 e. The Bertz CT molecular complexity index is 1090. The minimum absolute atomic E-state index is 0.0493. The van der Waals surface area contributed by atoms with Crippen molar-refractivity contribution in [3.8, 4) is 0 Å². The zero-order chi connectivity index (χ0) is 23.6. The van der Waals surface area contributed by atoms with Gasteiger partial charge in [-0.2, -0.15) is 0 Å². The highest BCUT2D eigenvalue weighted by atomic mass is 16.5. The second-order valence-electron chi connectivity index (χ2n) is 8.23. The zero-order valence-electron chi connectivity index (χ0n) is 19.0. The molecule has 0 aromatic heterocycles. The van der Waals surface area contributed by atoms with E-state index in [1.54, 1.807) is 30.3 Å². The number of likely N-dealkylation sites (N-methyl/N-ethyl adjacent to an activating group) is 1. The summed E-state index contributed by atoms with van der Waals surface area (Å²) in [7, 11) is 5.07. The van der Waals surface area contributed by atoms with E-state index in [9.17, 15) is 19.5 Å². The third kappa shape index (κ3) is 4.43. The van der Waals surface area contributed by atoms with Crippen LogP contribution in [0.3, 0.4) is 0 Å². The molecule has 2 aromatic rings. The molecule has 1 heterocycles. The maximum Gasteiger partial charge on any atom is 0.337 e. The van der Waals surface area contributed by atoms with E-state index in [0.29, 0.717) is 29.8 Å². The number of carbonyl (C=O) groups is 3. The van der Waals surface area contributed by atoms with E-state index in [2.05, 4.69) is 0 Å². The van der Waals surface area contributed by atoms with Crippen LogP contribution in [0, 0.1) is 13.8 Å². The largest absolute Gasteiger partial charge is 0.507 e. The summed E-state index contributed by atoms with van der Waals surface area (Å²) in [5.74, 6) is -2.04. The fourth-order valence-electron chi connectivity index (χ4n) is 3.82. The van der Waals surface area contributed by atoms with Crippen LogP contribution in [0.15, 0.2) is 48.0 Å². The number of hydrogen-bond donors (Lipinski definition) is 1. The van der Waals surface area contributed by atoms with Gasteiger partial charge in [0.1, 0.15) is 5.76 Å². The summed E-state index contributed by atoms with van der Waals surface area (Å²) in [5.41, 5.74) is 3.28. The molecule has 0 saturated carbocycles. The van der Waals surface area contributed by atoms with Crippen LogP contribution in [0.1, 0.15) is 38.7 Å². The van der Waals surface area contributed by atoms with Crippen LogP contribution >= 0.6 is 0 Å². The molecule has 3 rings (SSSR count). The number of methoxy groups -OCH3 is 1. The summed E-state index contributed by atoms with van der Waals surface area (Å²) in [6.45, 7) is 4.60. The number of aryl methyl sites for hydroxylation is 2. The number of ether oxygens (including phenoxy) is 1. The van der Waals surface area contributed by atoms with Gasteiger partial charge in [0.15, 0.2) is 0 Å². The average Bonchev–Trinajstić information content (AvgIpc) is 3.03. The zero-order valence-corrected chi connectivity index (χ0v) is 19.0. The molecule has 0 radical (unpaired) electrons. The molecule has 7 heteroatoms. The number of likely N-dealkylation sites (tertiary alicyclic amines) is 1. The van der Waals surface area contributed by atoms with Gasteiger partial charge in [-0.1, -0.05) is 29.8 Å².